The number of benzene rings is 2. The van der Waals surface area contributed by atoms with Crippen LogP contribution in [-0.2, 0) is 15.8 Å². The standard InChI is InChI=1S/C21H15F3N2O2S2/c22-21(23,24)15-9-5-10-16(12-15)25-18(27)13-26-19(28)17(30-20(26)29)11-4-8-14-6-2-1-3-7-14/h1-12H,13H2,(H,25,27)/b8-4+,17-11+. The first kappa shape index (κ1) is 21.8. The van der Waals surface area contributed by atoms with Crippen molar-refractivity contribution in [2.24, 2.45) is 0 Å². The zero-order chi connectivity index (χ0) is 21.7. The molecule has 4 nitrogen and oxygen atoms in total. The van der Waals surface area contributed by atoms with Gasteiger partial charge in [-0.05, 0) is 29.8 Å². The van der Waals surface area contributed by atoms with Gasteiger partial charge in [-0.2, -0.15) is 13.2 Å². The van der Waals surface area contributed by atoms with E-state index in [9.17, 15) is 22.8 Å². The molecular weight excluding hydrogens is 433 g/mol. The largest absolute Gasteiger partial charge is 0.416 e. The third-order valence-corrected chi connectivity index (χ3v) is 5.38. The number of rotatable bonds is 5. The zero-order valence-corrected chi connectivity index (χ0v) is 17.0. The summed E-state index contributed by atoms with van der Waals surface area (Å²) in [4.78, 5) is 26.2. The first-order chi connectivity index (χ1) is 14.2. The SMILES string of the molecule is O=C(CN1C(=O)/C(=C\C=C\c2ccccc2)SC1=S)Nc1cccc(C(F)(F)F)c1. The number of carbonyl (C=O) groups excluding carboxylic acids is 2. The van der Waals surface area contributed by atoms with Crippen molar-refractivity contribution in [2.75, 3.05) is 11.9 Å². The molecule has 1 N–H and O–H groups in total. The molecule has 2 aromatic carbocycles. The lowest BCUT2D eigenvalue weighted by molar-refractivity contribution is -0.137. The number of nitrogens with zero attached hydrogens (tertiary/aromatic N) is 1. The number of carbonyl (C=O) groups is 2. The quantitative estimate of drug-likeness (QED) is 0.511. The van der Waals surface area contributed by atoms with Gasteiger partial charge in [-0.15, -0.1) is 0 Å². The minimum absolute atomic E-state index is 0.0124. The molecule has 154 valence electrons. The molecule has 0 aromatic heterocycles. The average Bonchev–Trinajstić information content (AvgIpc) is 2.96. The van der Waals surface area contributed by atoms with Crippen molar-refractivity contribution in [3.05, 3.63) is 82.8 Å². The molecule has 3 rings (SSSR count). The molecule has 2 aromatic rings. The first-order valence-corrected chi connectivity index (χ1v) is 9.91. The molecule has 30 heavy (non-hydrogen) atoms. The Bertz CT molecular complexity index is 1030. The highest BCUT2D eigenvalue weighted by Crippen LogP contribution is 2.32. The highest BCUT2D eigenvalue weighted by Gasteiger charge is 2.33. The lowest BCUT2D eigenvalue weighted by atomic mass is 10.2. The van der Waals surface area contributed by atoms with Gasteiger partial charge in [0.05, 0.1) is 10.5 Å². The maximum absolute atomic E-state index is 12.8. The van der Waals surface area contributed by atoms with Crippen molar-refractivity contribution >= 4 is 51.9 Å². The van der Waals surface area contributed by atoms with Gasteiger partial charge in [0.1, 0.15) is 10.9 Å². The molecule has 0 radical (unpaired) electrons. The van der Waals surface area contributed by atoms with E-state index in [1.807, 2.05) is 36.4 Å². The molecule has 0 unspecified atom stereocenters. The Labute approximate surface area is 180 Å². The maximum atomic E-state index is 12.8. The van der Waals surface area contributed by atoms with Gasteiger partial charge in [0, 0.05) is 5.69 Å². The molecule has 0 atom stereocenters. The van der Waals surface area contributed by atoms with Gasteiger partial charge in [-0.1, -0.05) is 72.5 Å². The smallest absolute Gasteiger partial charge is 0.325 e. The van der Waals surface area contributed by atoms with Crippen LogP contribution in [0.5, 0.6) is 0 Å². The Hall–Kier alpha value is -2.91. The number of hydrogen-bond donors (Lipinski definition) is 1. The average molecular weight is 448 g/mol. The summed E-state index contributed by atoms with van der Waals surface area (Å²) in [5.74, 6) is -1.08. The van der Waals surface area contributed by atoms with Crippen LogP contribution in [0.2, 0.25) is 0 Å². The second-order valence-corrected chi connectivity index (χ2v) is 7.86. The van der Waals surface area contributed by atoms with Crippen LogP contribution in [0.4, 0.5) is 18.9 Å². The van der Waals surface area contributed by atoms with Gasteiger partial charge < -0.3 is 5.32 Å². The molecular formula is C21H15F3N2O2S2. The maximum Gasteiger partial charge on any atom is 0.416 e. The minimum atomic E-state index is -4.52. The summed E-state index contributed by atoms with van der Waals surface area (Å²) in [7, 11) is 0. The van der Waals surface area contributed by atoms with Crippen LogP contribution in [0, 0.1) is 0 Å². The van der Waals surface area contributed by atoms with Crippen LogP contribution in [-0.4, -0.2) is 27.6 Å². The van der Waals surface area contributed by atoms with Gasteiger partial charge in [0.15, 0.2) is 0 Å². The summed E-state index contributed by atoms with van der Waals surface area (Å²) in [6.45, 7) is -0.388. The normalized spacial score (nSPS) is 16.0. The van der Waals surface area contributed by atoms with Crippen LogP contribution >= 0.6 is 24.0 Å². The number of alkyl halides is 3. The molecule has 0 bridgehead atoms. The molecule has 1 saturated heterocycles. The number of hydrogen-bond acceptors (Lipinski definition) is 4. The fraction of sp³-hybridized carbons (Fsp3) is 0.0952. The Kier molecular flexibility index (Phi) is 6.73. The Morgan fingerprint density at radius 3 is 2.57 bits per heavy atom. The highest BCUT2D eigenvalue weighted by molar-refractivity contribution is 8.26. The Morgan fingerprint density at radius 2 is 1.87 bits per heavy atom. The van der Waals surface area contributed by atoms with Crippen molar-refractivity contribution < 1.29 is 22.8 Å². The second kappa shape index (κ2) is 9.27. The van der Waals surface area contributed by atoms with E-state index < -0.39 is 23.6 Å². The number of nitrogens with one attached hydrogen (secondary N) is 1. The highest BCUT2D eigenvalue weighted by atomic mass is 32.2. The van der Waals surface area contributed by atoms with Crippen LogP contribution in [0.25, 0.3) is 6.08 Å². The van der Waals surface area contributed by atoms with E-state index in [-0.39, 0.29) is 16.6 Å². The molecule has 0 aliphatic carbocycles. The van der Waals surface area contributed by atoms with E-state index in [0.717, 1.165) is 34.4 Å². The summed E-state index contributed by atoms with van der Waals surface area (Å²) in [5, 5.41) is 2.37. The Morgan fingerprint density at radius 1 is 1.13 bits per heavy atom. The molecule has 9 heteroatoms. The predicted molar refractivity (Wildman–Crippen MR) is 116 cm³/mol. The van der Waals surface area contributed by atoms with E-state index in [1.165, 1.54) is 12.1 Å². The van der Waals surface area contributed by atoms with Crippen molar-refractivity contribution in [3.8, 4) is 0 Å². The fourth-order valence-corrected chi connectivity index (χ4v) is 3.79. The summed E-state index contributed by atoms with van der Waals surface area (Å²) in [5.41, 5.74) is 0.0744. The van der Waals surface area contributed by atoms with Gasteiger partial charge in [0.2, 0.25) is 5.91 Å². The van der Waals surface area contributed by atoms with E-state index in [0.29, 0.717) is 4.91 Å². The number of thiocarbonyl (C=S) groups is 1. The van der Waals surface area contributed by atoms with Crippen LogP contribution in [0.3, 0.4) is 0 Å². The number of thioether (sulfide) groups is 1. The minimum Gasteiger partial charge on any atom is -0.325 e. The van der Waals surface area contributed by atoms with Crippen molar-refractivity contribution in [1.29, 1.82) is 0 Å². The molecule has 0 saturated carbocycles. The van der Waals surface area contributed by atoms with Crippen molar-refractivity contribution in [3.63, 3.8) is 0 Å². The fourth-order valence-electron chi connectivity index (χ4n) is 2.58. The van der Waals surface area contributed by atoms with Gasteiger partial charge in [-0.3, -0.25) is 14.5 Å². The summed E-state index contributed by atoms with van der Waals surface area (Å²) in [6.07, 6.45) is 0.630. The lowest BCUT2D eigenvalue weighted by Crippen LogP contribution is -2.36. The summed E-state index contributed by atoms with van der Waals surface area (Å²) < 4.78 is 38.6. The zero-order valence-electron chi connectivity index (χ0n) is 15.3. The topological polar surface area (TPSA) is 49.4 Å². The number of anilines is 1. The summed E-state index contributed by atoms with van der Waals surface area (Å²) >= 11 is 6.23. The molecule has 1 aliphatic heterocycles. The number of allylic oxidation sites excluding steroid dienone is 2. The second-order valence-electron chi connectivity index (χ2n) is 6.19. The van der Waals surface area contributed by atoms with Crippen LogP contribution in [0.15, 0.2) is 71.7 Å². The van der Waals surface area contributed by atoms with Gasteiger partial charge in [0.25, 0.3) is 5.91 Å². The third kappa shape index (κ3) is 5.58. The first-order valence-electron chi connectivity index (χ1n) is 8.68. The van der Waals surface area contributed by atoms with Crippen LogP contribution in [0.1, 0.15) is 11.1 Å². The third-order valence-electron chi connectivity index (χ3n) is 3.98. The van der Waals surface area contributed by atoms with Crippen LogP contribution < -0.4 is 5.32 Å². The lowest BCUT2D eigenvalue weighted by Gasteiger charge is -2.15. The van der Waals surface area contributed by atoms with Crippen molar-refractivity contribution in [1.82, 2.24) is 4.90 Å². The van der Waals surface area contributed by atoms with E-state index in [2.05, 4.69) is 5.32 Å². The Balaban J connectivity index is 1.63. The molecule has 2 amide bonds. The van der Waals surface area contributed by atoms with E-state index >= 15 is 0 Å². The number of amides is 2. The van der Waals surface area contributed by atoms with Crippen molar-refractivity contribution in [2.45, 2.75) is 6.18 Å². The monoisotopic (exact) mass is 448 g/mol. The molecule has 1 aliphatic rings. The molecule has 1 heterocycles. The van der Waals surface area contributed by atoms with E-state index in [4.69, 9.17) is 12.2 Å². The van der Waals surface area contributed by atoms with Gasteiger partial charge >= 0.3 is 6.18 Å². The van der Waals surface area contributed by atoms with Gasteiger partial charge in [-0.25, -0.2) is 0 Å². The molecule has 1 fully saturated rings. The summed E-state index contributed by atoms with van der Waals surface area (Å²) in [6, 6.07) is 13.8. The van der Waals surface area contributed by atoms with E-state index in [1.54, 1.807) is 12.2 Å². The predicted octanol–water partition coefficient (Wildman–Crippen LogP) is 5.10. The number of halogens is 3. The molecule has 0 spiro atoms.